The van der Waals surface area contributed by atoms with E-state index in [0.29, 0.717) is 35.8 Å². The molecule has 2 aliphatic carbocycles. The van der Waals surface area contributed by atoms with Crippen molar-refractivity contribution >= 4 is 22.5 Å². The maximum atomic E-state index is 13.9. The summed E-state index contributed by atoms with van der Waals surface area (Å²) in [5, 5.41) is 3.68. The summed E-state index contributed by atoms with van der Waals surface area (Å²) >= 11 is 0. The maximum Gasteiger partial charge on any atom is 0.586 e. The third kappa shape index (κ3) is 3.95. The van der Waals surface area contributed by atoms with Crippen molar-refractivity contribution in [2.24, 2.45) is 17.8 Å². The Labute approximate surface area is 194 Å². The Hall–Kier alpha value is -3.29. The fourth-order valence-corrected chi connectivity index (χ4v) is 6.16. The molecule has 1 N–H and O–H groups in total. The number of pyridine rings is 1. The van der Waals surface area contributed by atoms with Crippen LogP contribution in [-0.4, -0.2) is 17.2 Å². The fraction of sp³-hybridized carbons (Fsp3) is 0.385. The highest BCUT2D eigenvalue weighted by Gasteiger charge is 2.44. The van der Waals surface area contributed by atoms with E-state index >= 15 is 0 Å². The molecule has 176 valence electrons. The van der Waals surface area contributed by atoms with Crippen molar-refractivity contribution in [1.82, 2.24) is 4.98 Å². The minimum atomic E-state index is -3.68. The summed E-state index contributed by atoms with van der Waals surface area (Å²) in [5.74, 6) is 1.24. The molecule has 2 heterocycles. The molecule has 0 saturated heterocycles. The van der Waals surface area contributed by atoms with Crippen LogP contribution in [-0.2, 0) is 4.79 Å². The number of alkyl halides is 2. The van der Waals surface area contributed by atoms with Crippen molar-refractivity contribution in [1.29, 1.82) is 0 Å². The topological polar surface area (TPSA) is 60.5 Å². The molecule has 8 heteroatoms. The van der Waals surface area contributed by atoms with E-state index in [1.165, 1.54) is 29.8 Å². The molecule has 34 heavy (non-hydrogen) atoms. The van der Waals surface area contributed by atoms with E-state index < -0.39 is 6.29 Å². The van der Waals surface area contributed by atoms with Gasteiger partial charge in [-0.25, -0.2) is 4.39 Å². The van der Waals surface area contributed by atoms with Crippen molar-refractivity contribution in [3.8, 4) is 11.5 Å². The molecule has 1 aromatic heterocycles. The molecule has 3 aromatic rings. The normalized spacial score (nSPS) is 26.6. The Morgan fingerprint density at radius 2 is 1.76 bits per heavy atom. The number of benzene rings is 2. The van der Waals surface area contributed by atoms with Crippen LogP contribution in [0.1, 0.15) is 43.6 Å². The van der Waals surface area contributed by atoms with Crippen LogP contribution < -0.4 is 14.8 Å². The van der Waals surface area contributed by atoms with Crippen molar-refractivity contribution in [3.63, 3.8) is 0 Å². The molecule has 4 atom stereocenters. The monoisotopic (exact) mass is 468 g/mol. The highest BCUT2D eigenvalue weighted by atomic mass is 19.3. The van der Waals surface area contributed by atoms with Gasteiger partial charge in [0.2, 0.25) is 5.91 Å². The number of amides is 1. The van der Waals surface area contributed by atoms with Crippen LogP contribution in [0.2, 0.25) is 0 Å². The largest absolute Gasteiger partial charge is 0.586 e. The Kier molecular flexibility index (Phi) is 4.93. The number of nitrogens with one attached hydrogen (secondary N) is 1. The number of fused-ring (bicyclic) bond motifs is 3. The van der Waals surface area contributed by atoms with Gasteiger partial charge in [-0.15, -0.1) is 8.78 Å². The number of hydrogen-bond acceptors (Lipinski definition) is 4. The molecule has 6 rings (SSSR count). The SMILES string of the molecule is O=C(CC1C[C@@H]2CC(c3ccnc4ccc(F)cc34)C[C@@H]2C1)Nc1ccc2c(c1)OC(F)(F)O2. The van der Waals surface area contributed by atoms with Crippen LogP contribution in [0.15, 0.2) is 48.7 Å². The summed E-state index contributed by atoms with van der Waals surface area (Å²) in [7, 11) is 0. The molecule has 2 aromatic carbocycles. The number of carbonyl (C=O) groups excluding carboxylic acids is 1. The van der Waals surface area contributed by atoms with Gasteiger partial charge in [0.1, 0.15) is 5.82 Å². The van der Waals surface area contributed by atoms with Crippen molar-refractivity contribution < 1.29 is 27.4 Å². The molecule has 1 aliphatic heterocycles. The molecule has 2 unspecified atom stereocenters. The molecular formula is C26H23F3N2O3. The standard InChI is InChI=1S/C26H23F3N2O3/c27-18-1-3-22-21(12-18)20(5-6-30-22)17-10-15-7-14(8-16(15)11-17)9-25(32)31-19-2-4-23-24(13-19)34-26(28,29)33-23/h1-6,12-17H,7-11H2,(H,31,32)/t14?,15-,16+,17?. The van der Waals surface area contributed by atoms with Gasteiger partial charge in [0, 0.05) is 29.8 Å². The fourth-order valence-electron chi connectivity index (χ4n) is 6.16. The Morgan fingerprint density at radius 1 is 1.00 bits per heavy atom. The number of aromatic nitrogens is 1. The summed E-state index contributed by atoms with van der Waals surface area (Å²) < 4.78 is 49.1. The van der Waals surface area contributed by atoms with E-state index in [2.05, 4.69) is 19.8 Å². The van der Waals surface area contributed by atoms with Crippen molar-refractivity contribution in [3.05, 3.63) is 60.0 Å². The molecule has 0 bridgehead atoms. The third-order valence-electron chi connectivity index (χ3n) is 7.45. The summed E-state index contributed by atoms with van der Waals surface area (Å²) in [5.41, 5.74) is 2.39. The van der Waals surface area contributed by atoms with Gasteiger partial charge >= 0.3 is 6.29 Å². The van der Waals surface area contributed by atoms with Crippen molar-refractivity contribution in [2.75, 3.05) is 5.32 Å². The first kappa shape index (κ1) is 21.3. The quantitative estimate of drug-likeness (QED) is 0.492. The van der Waals surface area contributed by atoms with Gasteiger partial charge in [-0.1, -0.05) is 0 Å². The molecule has 2 saturated carbocycles. The highest BCUT2D eigenvalue weighted by Crippen LogP contribution is 2.54. The first-order valence-corrected chi connectivity index (χ1v) is 11.6. The summed E-state index contributed by atoms with van der Waals surface area (Å²) in [6.45, 7) is 0. The zero-order valence-corrected chi connectivity index (χ0v) is 18.3. The van der Waals surface area contributed by atoms with Gasteiger partial charge in [-0.05, 0) is 91.3 Å². The third-order valence-corrected chi connectivity index (χ3v) is 7.45. The number of halogens is 3. The average molecular weight is 468 g/mol. The molecular weight excluding hydrogens is 445 g/mol. The number of ether oxygens (including phenoxy) is 2. The average Bonchev–Trinajstić information content (AvgIpc) is 3.42. The second-order valence-corrected chi connectivity index (χ2v) is 9.67. The molecule has 3 aliphatic rings. The zero-order valence-electron chi connectivity index (χ0n) is 18.3. The van der Waals surface area contributed by atoms with Gasteiger partial charge < -0.3 is 14.8 Å². The first-order valence-electron chi connectivity index (χ1n) is 11.6. The van der Waals surface area contributed by atoms with Crippen LogP contribution >= 0.6 is 0 Å². The van der Waals surface area contributed by atoms with Crippen LogP contribution in [0.4, 0.5) is 18.9 Å². The van der Waals surface area contributed by atoms with Gasteiger partial charge in [0.15, 0.2) is 11.5 Å². The Bertz CT molecular complexity index is 1270. The molecule has 5 nitrogen and oxygen atoms in total. The lowest BCUT2D eigenvalue weighted by atomic mass is 9.89. The lowest BCUT2D eigenvalue weighted by molar-refractivity contribution is -0.286. The lowest BCUT2D eigenvalue weighted by Gasteiger charge is -2.17. The van der Waals surface area contributed by atoms with Crippen LogP contribution in [0.3, 0.4) is 0 Å². The van der Waals surface area contributed by atoms with E-state index in [4.69, 9.17) is 0 Å². The van der Waals surface area contributed by atoms with E-state index in [1.807, 2.05) is 6.07 Å². The van der Waals surface area contributed by atoms with Gasteiger partial charge in [-0.2, -0.15) is 0 Å². The molecule has 2 fully saturated rings. The smallest absolute Gasteiger partial charge is 0.395 e. The minimum absolute atomic E-state index is 0.0501. The minimum Gasteiger partial charge on any atom is -0.395 e. The second-order valence-electron chi connectivity index (χ2n) is 9.67. The van der Waals surface area contributed by atoms with Gasteiger partial charge in [0.25, 0.3) is 0 Å². The van der Waals surface area contributed by atoms with Crippen LogP contribution in [0, 0.1) is 23.6 Å². The predicted octanol–water partition coefficient (Wildman–Crippen LogP) is 6.24. The van der Waals surface area contributed by atoms with E-state index in [1.54, 1.807) is 18.3 Å². The first-order chi connectivity index (χ1) is 16.3. The number of anilines is 1. The van der Waals surface area contributed by atoms with Gasteiger partial charge in [0.05, 0.1) is 5.52 Å². The maximum absolute atomic E-state index is 13.9. The van der Waals surface area contributed by atoms with E-state index in [0.717, 1.165) is 36.6 Å². The highest BCUT2D eigenvalue weighted by molar-refractivity contribution is 5.91. The Morgan fingerprint density at radius 3 is 2.56 bits per heavy atom. The molecule has 0 radical (unpaired) electrons. The van der Waals surface area contributed by atoms with Crippen molar-refractivity contribution in [2.45, 2.75) is 44.3 Å². The van der Waals surface area contributed by atoms with Crippen LogP contribution in [0.5, 0.6) is 11.5 Å². The van der Waals surface area contributed by atoms with Gasteiger partial charge in [-0.3, -0.25) is 9.78 Å². The number of nitrogens with zero attached hydrogens (tertiary/aromatic N) is 1. The zero-order chi connectivity index (χ0) is 23.4. The van der Waals surface area contributed by atoms with Crippen LogP contribution in [0.25, 0.3) is 10.9 Å². The molecule has 1 amide bonds. The van der Waals surface area contributed by atoms with E-state index in [9.17, 15) is 18.0 Å². The second kappa shape index (κ2) is 7.89. The summed E-state index contributed by atoms with van der Waals surface area (Å²) in [4.78, 5) is 17.0. The summed E-state index contributed by atoms with van der Waals surface area (Å²) in [6.07, 6.45) is 2.56. The predicted molar refractivity (Wildman–Crippen MR) is 119 cm³/mol. The van der Waals surface area contributed by atoms with E-state index in [-0.39, 0.29) is 23.2 Å². The number of carbonyl (C=O) groups is 1. The molecule has 0 spiro atoms. The number of hydrogen-bond donors (Lipinski definition) is 1. The Balaban J connectivity index is 1.07. The number of rotatable bonds is 4. The summed E-state index contributed by atoms with van der Waals surface area (Å²) in [6, 6.07) is 11.0. The lowest BCUT2D eigenvalue weighted by Crippen LogP contribution is -2.25.